The Labute approximate surface area is 113 Å². The van der Waals surface area contributed by atoms with Crippen LogP contribution in [0.25, 0.3) is 0 Å². The van der Waals surface area contributed by atoms with Crippen molar-refractivity contribution < 1.29 is 5.11 Å². The quantitative estimate of drug-likeness (QED) is 0.404. The van der Waals surface area contributed by atoms with Crippen LogP contribution < -0.4 is 0 Å². The molecular weight excluding hydrogens is 232 g/mol. The molecule has 0 aromatic carbocycles. The third-order valence-corrected chi connectivity index (χ3v) is 4.25. The molecule has 0 amide bonds. The Morgan fingerprint density at radius 1 is 0.941 bits per heavy atom. The molecule has 0 rings (SSSR count). The zero-order chi connectivity index (χ0) is 13.1. The summed E-state index contributed by atoms with van der Waals surface area (Å²) in [5, 5.41) is 9.84. The van der Waals surface area contributed by atoms with Gasteiger partial charge in [-0.1, -0.05) is 58.8 Å². The maximum Gasteiger partial charge on any atom is 0.0554 e. The van der Waals surface area contributed by atoms with Gasteiger partial charge in [-0.15, -0.1) is 11.6 Å². The Bertz CT molecular complexity index is 159. The van der Waals surface area contributed by atoms with E-state index in [-0.39, 0.29) is 17.4 Å². The molecule has 17 heavy (non-hydrogen) atoms. The van der Waals surface area contributed by atoms with Gasteiger partial charge in [0.25, 0.3) is 0 Å². The van der Waals surface area contributed by atoms with Gasteiger partial charge in [-0.3, -0.25) is 0 Å². The van der Waals surface area contributed by atoms with Gasteiger partial charge in [0, 0.05) is 11.3 Å². The first-order chi connectivity index (χ1) is 8.13. The molecule has 0 bridgehead atoms. The topological polar surface area (TPSA) is 20.2 Å². The van der Waals surface area contributed by atoms with Crippen molar-refractivity contribution in [3.05, 3.63) is 0 Å². The number of alkyl halides is 1. The minimum Gasteiger partial charge on any atom is -0.393 e. The Balaban J connectivity index is 3.55. The van der Waals surface area contributed by atoms with Crippen LogP contribution in [0.3, 0.4) is 0 Å². The summed E-state index contributed by atoms with van der Waals surface area (Å²) < 4.78 is 0. The predicted molar refractivity (Wildman–Crippen MR) is 77.7 cm³/mol. The van der Waals surface area contributed by atoms with Crippen LogP contribution in [-0.2, 0) is 0 Å². The molecule has 0 aliphatic carbocycles. The first-order valence-electron chi connectivity index (χ1n) is 7.45. The Morgan fingerprint density at radius 3 is 1.94 bits per heavy atom. The second kappa shape index (κ2) is 11.3. The van der Waals surface area contributed by atoms with E-state index in [1.807, 2.05) is 6.92 Å². The van der Waals surface area contributed by atoms with Gasteiger partial charge in [0.15, 0.2) is 0 Å². The maximum absolute atomic E-state index is 9.70. The molecule has 0 aromatic heterocycles. The fraction of sp³-hybridized carbons (Fsp3) is 1.00. The van der Waals surface area contributed by atoms with Gasteiger partial charge in [-0.05, 0) is 19.8 Å². The lowest BCUT2D eigenvalue weighted by molar-refractivity contribution is 0.114. The Kier molecular flexibility index (Phi) is 11.5. The lowest BCUT2D eigenvalue weighted by Gasteiger charge is -2.24. The summed E-state index contributed by atoms with van der Waals surface area (Å²) in [5.41, 5.74) is 0. The highest BCUT2D eigenvalue weighted by molar-refractivity contribution is 6.20. The molecule has 0 heterocycles. The number of halogens is 1. The van der Waals surface area contributed by atoms with Crippen molar-refractivity contribution in [2.75, 3.05) is 0 Å². The van der Waals surface area contributed by atoms with Crippen molar-refractivity contribution >= 4 is 11.6 Å². The molecule has 1 nitrogen and oxygen atoms in total. The van der Waals surface area contributed by atoms with E-state index in [1.54, 1.807) is 0 Å². The molecule has 3 atom stereocenters. The van der Waals surface area contributed by atoms with E-state index in [4.69, 9.17) is 11.6 Å². The SMILES string of the molecule is CCCCCCCCCC(C(C)O)C(Cl)CC. The summed E-state index contributed by atoms with van der Waals surface area (Å²) in [4.78, 5) is 0. The minimum absolute atomic E-state index is 0.134. The molecular formula is C15H31ClO. The number of hydrogen-bond acceptors (Lipinski definition) is 1. The first-order valence-corrected chi connectivity index (χ1v) is 7.89. The van der Waals surface area contributed by atoms with E-state index < -0.39 is 0 Å². The highest BCUT2D eigenvalue weighted by atomic mass is 35.5. The summed E-state index contributed by atoms with van der Waals surface area (Å²) in [7, 11) is 0. The van der Waals surface area contributed by atoms with Crippen molar-refractivity contribution in [1.29, 1.82) is 0 Å². The van der Waals surface area contributed by atoms with Crippen LogP contribution in [0.5, 0.6) is 0 Å². The number of aliphatic hydroxyl groups excluding tert-OH is 1. The number of hydrogen-bond donors (Lipinski definition) is 1. The second-order valence-electron chi connectivity index (χ2n) is 5.24. The average molecular weight is 263 g/mol. The van der Waals surface area contributed by atoms with Gasteiger partial charge < -0.3 is 5.11 Å². The molecule has 0 spiro atoms. The third-order valence-electron chi connectivity index (χ3n) is 3.62. The molecule has 0 aliphatic rings. The van der Waals surface area contributed by atoms with Crippen LogP contribution >= 0.6 is 11.6 Å². The monoisotopic (exact) mass is 262 g/mol. The molecule has 2 heteroatoms. The molecule has 3 unspecified atom stereocenters. The molecule has 0 saturated heterocycles. The fourth-order valence-corrected chi connectivity index (χ4v) is 2.70. The van der Waals surface area contributed by atoms with Crippen molar-refractivity contribution in [2.24, 2.45) is 5.92 Å². The highest BCUT2D eigenvalue weighted by Crippen LogP contribution is 2.24. The van der Waals surface area contributed by atoms with Gasteiger partial charge in [0.1, 0.15) is 0 Å². The van der Waals surface area contributed by atoms with Gasteiger partial charge in [0.05, 0.1) is 6.10 Å². The summed E-state index contributed by atoms with van der Waals surface area (Å²) >= 11 is 6.25. The molecule has 104 valence electrons. The van der Waals surface area contributed by atoms with E-state index in [0.717, 1.165) is 12.8 Å². The standard InChI is InChI=1S/C15H31ClO/c1-4-6-7-8-9-10-11-12-14(13(3)17)15(16)5-2/h13-15,17H,4-12H2,1-3H3. The summed E-state index contributed by atoms with van der Waals surface area (Å²) in [6, 6.07) is 0. The Hall–Kier alpha value is 0.250. The van der Waals surface area contributed by atoms with Crippen molar-refractivity contribution in [2.45, 2.75) is 90.0 Å². The van der Waals surface area contributed by atoms with Crippen molar-refractivity contribution in [1.82, 2.24) is 0 Å². The van der Waals surface area contributed by atoms with Crippen LogP contribution in [-0.4, -0.2) is 16.6 Å². The van der Waals surface area contributed by atoms with Crippen LogP contribution in [0.1, 0.15) is 78.6 Å². The molecule has 0 saturated carbocycles. The van der Waals surface area contributed by atoms with Gasteiger partial charge in [0.2, 0.25) is 0 Å². The second-order valence-corrected chi connectivity index (χ2v) is 5.80. The van der Waals surface area contributed by atoms with Crippen LogP contribution in [0.2, 0.25) is 0 Å². The smallest absolute Gasteiger partial charge is 0.0554 e. The first kappa shape index (κ1) is 17.2. The largest absolute Gasteiger partial charge is 0.393 e. The summed E-state index contributed by atoms with van der Waals surface area (Å²) in [6.07, 6.45) is 11.0. The van der Waals surface area contributed by atoms with Gasteiger partial charge >= 0.3 is 0 Å². The van der Waals surface area contributed by atoms with Crippen molar-refractivity contribution in [3.63, 3.8) is 0 Å². The van der Waals surface area contributed by atoms with E-state index in [9.17, 15) is 5.11 Å². The van der Waals surface area contributed by atoms with E-state index in [2.05, 4.69) is 13.8 Å². The summed E-state index contributed by atoms with van der Waals surface area (Å²) in [6.45, 7) is 6.22. The zero-order valence-corrected chi connectivity index (χ0v) is 12.7. The van der Waals surface area contributed by atoms with E-state index in [0.29, 0.717) is 0 Å². The van der Waals surface area contributed by atoms with Crippen LogP contribution in [0.4, 0.5) is 0 Å². The molecule has 1 N–H and O–H groups in total. The average Bonchev–Trinajstić information content (AvgIpc) is 2.31. The molecule has 0 aromatic rings. The van der Waals surface area contributed by atoms with Crippen LogP contribution in [0, 0.1) is 5.92 Å². The fourth-order valence-electron chi connectivity index (χ4n) is 2.36. The van der Waals surface area contributed by atoms with E-state index in [1.165, 1.54) is 44.9 Å². The third kappa shape index (κ3) is 8.90. The van der Waals surface area contributed by atoms with Gasteiger partial charge in [-0.2, -0.15) is 0 Å². The number of rotatable bonds is 11. The van der Waals surface area contributed by atoms with Crippen molar-refractivity contribution in [3.8, 4) is 0 Å². The van der Waals surface area contributed by atoms with Crippen LogP contribution in [0.15, 0.2) is 0 Å². The predicted octanol–water partition coefficient (Wildman–Crippen LogP) is 5.14. The highest BCUT2D eigenvalue weighted by Gasteiger charge is 2.21. The van der Waals surface area contributed by atoms with Gasteiger partial charge in [-0.25, -0.2) is 0 Å². The van der Waals surface area contributed by atoms with E-state index >= 15 is 0 Å². The normalized spacial score (nSPS) is 16.8. The molecule has 0 aliphatic heterocycles. The number of aliphatic hydroxyl groups is 1. The zero-order valence-electron chi connectivity index (χ0n) is 11.9. The maximum atomic E-state index is 9.70. The molecule has 0 radical (unpaired) electrons. The Morgan fingerprint density at radius 2 is 1.47 bits per heavy atom. The number of unbranched alkanes of at least 4 members (excludes halogenated alkanes) is 6. The lowest BCUT2D eigenvalue weighted by Crippen LogP contribution is -2.25. The lowest BCUT2D eigenvalue weighted by atomic mass is 9.91. The minimum atomic E-state index is -0.266. The summed E-state index contributed by atoms with van der Waals surface area (Å²) in [5.74, 6) is 0.275. The molecule has 0 fully saturated rings.